The molecule has 0 saturated heterocycles. The molecule has 114 valence electrons. The zero-order chi connectivity index (χ0) is 13.9. The molecular weight excluding hydrogens is 234 g/mol. The molecule has 0 amide bonds. The Kier molecular flexibility index (Phi) is 9.54. The van der Waals surface area contributed by atoms with E-state index in [0.29, 0.717) is 12.1 Å². The second-order valence-corrected chi connectivity index (χ2v) is 6.07. The van der Waals surface area contributed by atoms with Crippen molar-refractivity contribution >= 4 is 0 Å². The molecule has 2 nitrogen and oxygen atoms in total. The van der Waals surface area contributed by atoms with Gasteiger partial charge in [0.2, 0.25) is 0 Å². The summed E-state index contributed by atoms with van der Waals surface area (Å²) < 4.78 is 6.20. The molecule has 0 spiro atoms. The lowest BCUT2D eigenvalue weighted by Gasteiger charge is -2.36. The Morgan fingerprint density at radius 1 is 1.00 bits per heavy atom. The Labute approximate surface area is 120 Å². The number of hydrogen-bond acceptors (Lipinski definition) is 2. The summed E-state index contributed by atoms with van der Waals surface area (Å²) in [4.78, 5) is 0. The molecule has 0 aromatic rings. The van der Waals surface area contributed by atoms with Crippen molar-refractivity contribution in [2.75, 3.05) is 13.2 Å². The Balaban J connectivity index is 2.21. The Hall–Kier alpha value is -0.0800. The van der Waals surface area contributed by atoms with Gasteiger partial charge in [0.1, 0.15) is 0 Å². The molecule has 19 heavy (non-hydrogen) atoms. The minimum absolute atomic E-state index is 0.463. The van der Waals surface area contributed by atoms with Gasteiger partial charge in [0.05, 0.1) is 6.10 Å². The lowest BCUT2D eigenvalue weighted by Crippen LogP contribution is -2.45. The van der Waals surface area contributed by atoms with Gasteiger partial charge in [0, 0.05) is 12.6 Å². The largest absolute Gasteiger partial charge is 0.377 e. The third-order valence-electron chi connectivity index (χ3n) is 4.52. The Morgan fingerprint density at radius 3 is 2.47 bits per heavy atom. The van der Waals surface area contributed by atoms with Crippen LogP contribution in [0.3, 0.4) is 0 Å². The number of ether oxygens (including phenoxy) is 1. The zero-order valence-electron chi connectivity index (χ0n) is 13.4. The van der Waals surface area contributed by atoms with Gasteiger partial charge < -0.3 is 10.1 Å². The number of rotatable bonds is 10. The van der Waals surface area contributed by atoms with Gasteiger partial charge in [0.15, 0.2) is 0 Å². The first kappa shape index (κ1) is 17.0. The molecule has 0 radical (unpaired) electrons. The predicted octanol–water partition coefficient (Wildman–Crippen LogP) is 4.53. The normalized spacial score (nSPS) is 27.6. The molecule has 1 N–H and O–H groups in total. The molecule has 0 aromatic carbocycles. The fraction of sp³-hybridized carbons (Fsp3) is 1.00. The quantitative estimate of drug-likeness (QED) is 0.588. The van der Waals surface area contributed by atoms with E-state index in [1.807, 2.05) is 0 Å². The summed E-state index contributed by atoms with van der Waals surface area (Å²) in [6.45, 7) is 8.82. The topological polar surface area (TPSA) is 21.3 Å². The van der Waals surface area contributed by atoms with Gasteiger partial charge in [-0.15, -0.1) is 0 Å². The first-order chi connectivity index (χ1) is 9.31. The summed E-state index contributed by atoms with van der Waals surface area (Å²) in [5.74, 6) is 0.889. The van der Waals surface area contributed by atoms with E-state index in [4.69, 9.17) is 4.74 Å². The third-order valence-corrected chi connectivity index (χ3v) is 4.52. The molecule has 1 aliphatic rings. The van der Waals surface area contributed by atoms with Crippen LogP contribution in [0, 0.1) is 5.92 Å². The average molecular weight is 269 g/mol. The van der Waals surface area contributed by atoms with Gasteiger partial charge in [-0.2, -0.15) is 0 Å². The monoisotopic (exact) mass is 269 g/mol. The average Bonchev–Trinajstić information content (AvgIpc) is 2.44. The maximum atomic E-state index is 6.20. The predicted molar refractivity (Wildman–Crippen MR) is 83.6 cm³/mol. The second kappa shape index (κ2) is 10.7. The minimum atomic E-state index is 0.463. The highest BCUT2D eigenvalue weighted by Gasteiger charge is 2.29. The lowest BCUT2D eigenvalue weighted by atomic mass is 9.82. The van der Waals surface area contributed by atoms with Gasteiger partial charge in [-0.05, 0) is 38.1 Å². The smallest absolute Gasteiger partial charge is 0.0730 e. The number of nitrogens with one attached hydrogen (secondary N) is 1. The zero-order valence-corrected chi connectivity index (χ0v) is 13.4. The molecule has 1 rings (SSSR count). The molecule has 0 aliphatic heterocycles. The van der Waals surface area contributed by atoms with Gasteiger partial charge in [0.25, 0.3) is 0 Å². The highest BCUT2D eigenvalue weighted by molar-refractivity contribution is 4.85. The summed E-state index contributed by atoms with van der Waals surface area (Å²) in [5.41, 5.74) is 0. The first-order valence-electron chi connectivity index (χ1n) is 8.66. The molecule has 2 heteroatoms. The molecule has 1 fully saturated rings. The van der Waals surface area contributed by atoms with Crippen molar-refractivity contribution in [3.05, 3.63) is 0 Å². The van der Waals surface area contributed by atoms with Crippen molar-refractivity contribution in [1.29, 1.82) is 0 Å². The fourth-order valence-electron chi connectivity index (χ4n) is 3.20. The minimum Gasteiger partial charge on any atom is -0.377 e. The van der Waals surface area contributed by atoms with Crippen LogP contribution in [0.25, 0.3) is 0 Å². The fourth-order valence-corrected chi connectivity index (χ4v) is 3.20. The highest BCUT2D eigenvalue weighted by Crippen LogP contribution is 2.29. The van der Waals surface area contributed by atoms with Crippen LogP contribution >= 0.6 is 0 Å². The summed E-state index contributed by atoms with van der Waals surface area (Å²) in [7, 11) is 0. The van der Waals surface area contributed by atoms with Crippen LogP contribution in [-0.4, -0.2) is 25.3 Å². The summed E-state index contributed by atoms with van der Waals surface area (Å²) >= 11 is 0. The highest BCUT2D eigenvalue weighted by atomic mass is 16.5. The molecule has 3 atom stereocenters. The van der Waals surface area contributed by atoms with Gasteiger partial charge >= 0.3 is 0 Å². The van der Waals surface area contributed by atoms with E-state index < -0.39 is 0 Å². The van der Waals surface area contributed by atoms with E-state index in [0.717, 1.165) is 19.1 Å². The van der Waals surface area contributed by atoms with Gasteiger partial charge in [-0.3, -0.25) is 0 Å². The van der Waals surface area contributed by atoms with Gasteiger partial charge in [-0.1, -0.05) is 52.9 Å². The standard InChI is InChI=1S/C17H35NO/c1-4-7-8-9-10-13-19-17-14-15(5-2)11-12-16(17)18-6-3/h15-18H,4-14H2,1-3H3. The Bertz CT molecular complexity index is 207. The molecule has 1 saturated carbocycles. The number of likely N-dealkylation sites (N-methyl/N-ethyl adjacent to an activating group) is 1. The van der Waals surface area contributed by atoms with Crippen LogP contribution in [0.1, 0.15) is 78.6 Å². The number of unbranched alkanes of at least 4 members (excludes halogenated alkanes) is 4. The Morgan fingerprint density at radius 2 is 1.79 bits per heavy atom. The molecule has 0 bridgehead atoms. The SMILES string of the molecule is CCCCCCCOC1CC(CC)CCC1NCC. The van der Waals surface area contributed by atoms with Crippen LogP contribution in [0.15, 0.2) is 0 Å². The molecule has 1 aliphatic carbocycles. The van der Waals surface area contributed by atoms with Crippen LogP contribution in [-0.2, 0) is 4.74 Å². The van der Waals surface area contributed by atoms with E-state index in [-0.39, 0.29) is 0 Å². The summed E-state index contributed by atoms with van der Waals surface area (Å²) in [6.07, 6.45) is 12.4. The van der Waals surface area contributed by atoms with E-state index in [9.17, 15) is 0 Å². The van der Waals surface area contributed by atoms with Crippen LogP contribution < -0.4 is 5.32 Å². The second-order valence-electron chi connectivity index (χ2n) is 6.07. The maximum Gasteiger partial charge on any atom is 0.0730 e. The van der Waals surface area contributed by atoms with E-state index >= 15 is 0 Å². The van der Waals surface area contributed by atoms with Crippen LogP contribution in [0.4, 0.5) is 0 Å². The third kappa shape index (κ3) is 6.76. The van der Waals surface area contributed by atoms with Crippen molar-refractivity contribution in [2.24, 2.45) is 5.92 Å². The summed E-state index contributed by atoms with van der Waals surface area (Å²) in [6, 6.07) is 0.600. The van der Waals surface area contributed by atoms with Crippen molar-refractivity contribution < 1.29 is 4.74 Å². The van der Waals surface area contributed by atoms with Crippen LogP contribution in [0.2, 0.25) is 0 Å². The maximum absolute atomic E-state index is 6.20. The molecule has 0 heterocycles. The van der Waals surface area contributed by atoms with Crippen molar-refractivity contribution in [2.45, 2.75) is 90.7 Å². The van der Waals surface area contributed by atoms with E-state index in [1.54, 1.807) is 0 Å². The summed E-state index contributed by atoms with van der Waals surface area (Å²) in [5, 5.41) is 3.62. The lowest BCUT2D eigenvalue weighted by molar-refractivity contribution is -0.0116. The van der Waals surface area contributed by atoms with Crippen molar-refractivity contribution in [3.8, 4) is 0 Å². The molecular formula is C17H35NO. The molecule has 0 aromatic heterocycles. The van der Waals surface area contributed by atoms with Crippen molar-refractivity contribution in [1.82, 2.24) is 5.32 Å². The molecule has 3 unspecified atom stereocenters. The first-order valence-corrected chi connectivity index (χ1v) is 8.66. The van der Waals surface area contributed by atoms with Crippen molar-refractivity contribution in [3.63, 3.8) is 0 Å². The van der Waals surface area contributed by atoms with E-state index in [2.05, 4.69) is 26.1 Å². The number of hydrogen-bond donors (Lipinski definition) is 1. The van der Waals surface area contributed by atoms with Crippen LogP contribution in [0.5, 0.6) is 0 Å². The van der Waals surface area contributed by atoms with Gasteiger partial charge in [-0.25, -0.2) is 0 Å². The van der Waals surface area contributed by atoms with E-state index in [1.165, 1.54) is 57.8 Å².